The van der Waals surface area contributed by atoms with Gasteiger partial charge in [0.25, 0.3) is 0 Å². The molecular formula is C13H15N3S. The van der Waals surface area contributed by atoms with Gasteiger partial charge in [-0.15, -0.1) is 5.10 Å². The molecule has 1 unspecified atom stereocenters. The fourth-order valence-corrected chi connectivity index (χ4v) is 2.89. The summed E-state index contributed by atoms with van der Waals surface area (Å²) < 4.78 is 3.86. The Balaban J connectivity index is 1.79. The average Bonchev–Trinajstić information content (AvgIpc) is 2.97. The van der Waals surface area contributed by atoms with Crippen LogP contribution in [-0.4, -0.2) is 9.59 Å². The minimum Gasteiger partial charge on any atom is -0.368 e. The zero-order chi connectivity index (χ0) is 11.7. The van der Waals surface area contributed by atoms with Crippen molar-refractivity contribution in [3.63, 3.8) is 0 Å². The van der Waals surface area contributed by atoms with Gasteiger partial charge in [-0.25, -0.2) is 0 Å². The molecule has 0 bridgehead atoms. The molecule has 1 N–H and O–H groups in total. The van der Waals surface area contributed by atoms with E-state index in [2.05, 4.69) is 40.0 Å². The fraction of sp³-hybridized carbons (Fsp3) is 0.385. The molecule has 88 valence electrons. The minimum atomic E-state index is 0.308. The number of fused-ring (bicyclic) bond motifs is 1. The highest BCUT2D eigenvalue weighted by Crippen LogP contribution is 2.27. The lowest BCUT2D eigenvalue weighted by atomic mass is 10.0. The molecule has 0 aliphatic heterocycles. The van der Waals surface area contributed by atoms with Gasteiger partial charge in [0.05, 0.1) is 6.20 Å². The highest BCUT2D eigenvalue weighted by molar-refractivity contribution is 7.09. The molecule has 1 aliphatic carbocycles. The molecule has 0 spiro atoms. The van der Waals surface area contributed by atoms with Gasteiger partial charge >= 0.3 is 0 Å². The molecule has 3 rings (SSSR count). The molecule has 0 saturated carbocycles. The number of aryl methyl sites for hydroxylation is 2. The molecule has 2 aromatic rings. The summed E-state index contributed by atoms with van der Waals surface area (Å²) in [5.74, 6) is 0. The zero-order valence-electron chi connectivity index (χ0n) is 9.81. The van der Waals surface area contributed by atoms with Crippen LogP contribution in [0, 0.1) is 0 Å². The maximum atomic E-state index is 3.86. The number of benzene rings is 1. The molecular weight excluding hydrogens is 230 g/mol. The Hall–Kier alpha value is -1.42. The van der Waals surface area contributed by atoms with Crippen molar-refractivity contribution in [1.29, 1.82) is 0 Å². The second-order valence-corrected chi connectivity index (χ2v) is 5.32. The van der Waals surface area contributed by atoms with Gasteiger partial charge in [-0.1, -0.05) is 22.7 Å². The summed E-state index contributed by atoms with van der Waals surface area (Å²) in [6, 6.07) is 7.16. The molecule has 0 fully saturated rings. The van der Waals surface area contributed by atoms with E-state index < -0.39 is 0 Å². The number of hydrogen-bond donors (Lipinski definition) is 1. The van der Waals surface area contributed by atoms with Gasteiger partial charge < -0.3 is 5.32 Å². The first kappa shape index (κ1) is 10.7. The highest BCUT2D eigenvalue weighted by Gasteiger charge is 2.13. The van der Waals surface area contributed by atoms with Crippen LogP contribution in [0.1, 0.15) is 36.1 Å². The van der Waals surface area contributed by atoms with Crippen LogP contribution in [0.5, 0.6) is 0 Å². The van der Waals surface area contributed by atoms with E-state index in [4.69, 9.17) is 0 Å². The topological polar surface area (TPSA) is 37.8 Å². The van der Waals surface area contributed by atoms with Crippen LogP contribution >= 0.6 is 11.5 Å². The second-order valence-electron chi connectivity index (χ2n) is 4.53. The van der Waals surface area contributed by atoms with Crippen molar-refractivity contribution in [3.05, 3.63) is 41.1 Å². The third-order valence-corrected chi connectivity index (χ3v) is 3.94. The molecule has 3 nitrogen and oxygen atoms in total. The monoisotopic (exact) mass is 245 g/mol. The van der Waals surface area contributed by atoms with E-state index in [1.807, 2.05) is 0 Å². The molecule has 1 aromatic carbocycles. The summed E-state index contributed by atoms with van der Waals surface area (Å²) in [5.41, 5.74) is 4.40. The van der Waals surface area contributed by atoms with E-state index in [1.54, 1.807) is 6.20 Å². The van der Waals surface area contributed by atoms with Gasteiger partial charge in [-0.05, 0) is 42.9 Å². The number of hydrogen-bond acceptors (Lipinski definition) is 4. The van der Waals surface area contributed by atoms with Gasteiger partial charge in [0.1, 0.15) is 5.00 Å². The Morgan fingerprint density at radius 3 is 3.00 bits per heavy atom. The third kappa shape index (κ3) is 2.17. The van der Waals surface area contributed by atoms with Gasteiger partial charge in [0.2, 0.25) is 0 Å². The SMILES string of the molecule is CC(Nc1cnns1)c1ccc2c(c1)CCC2. The molecule has 0 radical (unpaired) electrons. The molecule has 1 atom stereocenters. The molecule has 1 heterocycles. The Bertz CT molecular complexity index is 507. The molecule has 0 amide bonds. The smallest absolute Gasteiger partial charge is 0.130 e. The number of nitrogens with zero attached hydrogens (tertiary/aromatic N) is 2. The van der Waals surface area contributed by atoms with Crippen LogP contribution in [-0.2, 0) is 12.8 Å². The maximum absolute atomic E-state index is 3.86. The Morgan fingerprint density at radius 1 is 1.29 bits per heavy atom. The van der Waals surface area contributed by atoms with Gasteiger partial charge in [0.15, 0.2) is 0 Å². The van der Waals surface area contributed by atoms with Crippen molar-refractivity contribution in [1.82, 2.24) is 9.59 Å². The van der Waals surface area contributed by atoms with Crippen molar-refractivity contribution in [2.75, 3.05) is 5.32 Å². The summed E-state index contributed by atoms with van der Waals surface area (Å²) >= 11 is 1.40. The summed E-state index contributed by atoms with van der Waals surface area (Å²) in [5, 5.41) is 8.28. The van der Waals surface area contributed by atoms with Gasteiger partial charge in [-0.2, -0.15) is 0 Å². The summed E-state index contributed by atoms with van der Waals surface area (Å²) in [6.45, 7) is 2.18. The van der Waals surface area contributed by atoms with Crippen LogP contribution in [0.3, 0.4) is 0 Å². The van der Waals surface area contributed by atoms with Gasteiger partial charge in [0, 0.05) is 17.6 Å². The van der Waals surface area contributed by atoms with Crippen LogP contribution in [0.25, 0.3) is 0 Å². The number of anilines is 1. The molecule has 1 aromatic heterocycles. The van der Waals surface area contributed by atoms with E-state index >= 15 is 0 Å². The maximum Gasteiger partial charge on any atom is 0.130 e. The Morgan fingerprint density at radius 2 is 2.18 bits per heavy atom. The van der Waals surface area contributed by atoms with E-state index in [-0.39, 0.29) is 0 Å². The Labute approximate surface area is 105 Å². The lowest BCUT2D eigenvalue weighted by molar-refractivity contribution is 0.882. The first-order valence-electron chi connectivity index (χ1n) is 5.98. The predicted molar refractivity (Wildman–Crippen MR) is 70.4 cm³/mol. The normalized spacial score (nSPS) is 15.6. The van der Waals surface area contributed by atoms with Crippen LogP contribution in [0.15, 0.2) is 24.4 Å². The van der Waals surface area contributed by atoms with Crippen LogP contribution in [0.4, 0.5) is 5.00 Å². The molecule has 0 saturated heterocycles. The fourth-order valence-electron chi connectivity index (χ4n) is 2.39. The minimum absolute atomic E-state index is 0.308. The second kappa shape index (κ2) is 4.45. The molecule has 1 aliphatic rings. The quantitative estimate of drug-likeness (QED) is 0.902. The number of aromatic nitrogens is 2. The van der Waals surface area contributed by atoms with Gasteiger partial charge in [-0.3, -0.25) is 0 Å². The van der Waals surface area contributed by atoms with Crippen molar-refractivity contribution in [3.8, 4) is 0 Å². The van der Waals surface area contributed by atoms with Crippen molar-refractivity contribution in [2.24, 2.45) is 0 Å². The van der Waals surface area contributed by atoms with Crippen molar-refractivity contribution >= 4 is 16.5 Å². The van der Waals surface area contributed by atoms with E-state index in [1.165, 1.54) is 47.5 Å². The molecule has 17 heavy (non-hydrogen) atoms. The number of rotatable bonds is 3. The van der Waals surface area contributed by atoms with E-state index in [9.17, 15) is 0 Å². The summed E-state index contributed by atoms with van der Waals surface area (Å²) in [6.07, 6.45) is 5.56. The first-order chi connectivity index (χ1) is 8.33. The largest absolute Gasteiger partial charge is 0.368 e. The Kier molecular flexibility index (Phi) is 2.81. The van der Waals surface area contributed by atoms with Crippen molar-refractivity contribution in [2.45, 2.75) is 32.2 Å². The lowest BCUT2D eigenvalue weighted by Crippen LogP contribution is -2.05. The van der Waals surface area contributed by atoms with Crippen LogP contribution < -0.4 is 5.32 Å². The highest BCUT2D eigenvalue weighted by atomic mass is 32.1. The molecule has 4 heteroatoms. The lowest BCUT2D eigenvalue weighted by Gasteiger charge is -2.14. The van der Waals surface area contributed by atoms with E-state index in [0.717, 1.165) is 5.00 Å². The zero-order valence-corrected chi connectivity index (χ0v) is 10.6. The standard InChI is InChI=1S/C13H15N3S/c1-9(15-13-8-14-16-17-13)11-6-5-10-3-2-4-12(10)7-11/h5-9,15H,2-4H2,1H3. The van der Waals surface area contributed by atoms with E-state index in [0.29, 0.717) is 6.04 Å². The summed E-state index contributed by atoms with van der Waals surface area (Å²) in [7, 11) is 0. The predicted octanol–water partition coefficient (Wildman–Crippen LogP) is 3.20. The van der Waals surface area contributed by atoms with Crippen LogP contribution in [0.2, 0.25) is 0 Å². The van der Waals surface area contributed by atoms with Crippen molar-refractivity contribution < 1.29 is 0 Å². The first-order valence-corrected chi connectivity index (χ1v) is 6.76. The third-order valence-electron chi connectivity index (χ3n) is 3.34. The summed E-state index contributed by atoms with van der Waals surface area (Å²) in [4.78, 5) is 0. The number of nitrogens with one attached hydrogen (secondary N) is 1. The average molecular weight is 245 g/mol.